The zero-order chi connectivity index (χ0) is 19.2. The Hall–Kier alpha value is -2.37. The Morgan fingerprint density at radius 3 is 2.32 bits per heavy atom. The number of carbonyl (C=O) groups excluding carboxylic acids is 2. The molecule has 150 valence electrons. The molecule has 28 heavy (non-hydrogen) atoms. The molecule has 6 heteroatoms. The first-order chi connectivity index (χ1) is 13.1. The number of amides is 2. The maximum atomic E-state index is 13.1. The Morgan fingerprint density at radius 2 is 1.71 bits per heavy atom. The standard InChI is InChI=1S/C22H27N3O2.ClH/c1-3-14-25(20-12-13-23-16-20)22(27)18-9-7-8-17(15-18)21(26)24(2)19-10-5-4-6-11-19;/h4-11,15,20,23H,3,12-14,16H2,1-2H3;1H. The molecule has 1 unspecified atom stereocenters. The molecule has 0 spiro atoms. The van der Waals surface area contributed by atoms with Crippen molar-refractivity contribution >= 4 is 29.9 Å². The van der Waals surface area contributed by atoms with Crippen LogP contribution in [-0.4, -0.2) is 49.4 Å². The van der Waals surface area contributed by atoms with E-state index in [9.17, 15) is 9.59 Å². The molecule has 1 heterocycles. The molecule has 1 fully saturated rings. The molecule has 0 bridgehead atoms. The van der Waals surface area contributed by atoms with Gasteiger partial charge < -0.3 is 15.1 Å². The van der Waals surface area contributed by atoms with Crippen LogP contribution in [0.4, 0.5) is 5.69 Å². The lowest BCUT2D eigenvalue weighted by Gasteiger charge is -2.28. The van der Waals surface area contributed by atoms with Gasteiger partial charge in [0.2, 0.25) is 0 Å². The van der Waals surface area contributed by atoms with Gasteiger partial charge in [-0.3, -0.25) is 9.59 Å². The topological polar surface area (TPSA) is 52.7 Å². The van der Waals surface area contributed by atoms with Crippen molar-refractivity contribution in [3.8, 4) is 0 Å². The van der Waals surface area contributed by atoms with Crippen LogP contribution in [0.3, 0.4) is 0 Å². The number of anilines is 1. The van der Waals surface area contributed by atoms with Gasteiger partial charge in [0.15, 0.2) is 0 Å². The second-order valence-corrected chi connectivity index (χ2v) is 6.93. The van der Waals surface area contributed by atoms with Crippen molar-refractivity contribution in [1.82, 2.24) is 10.2 Å². The fourth-order valence-corrected chi connectivity index (χ4v) is 3.51. The molecule has 0 saturated carbocycles. The van der Waals surface area contributed by atoms with Crippen LogP contribution in [0, 0.1) is 0 Å². The van der Waals surface area contributed by atoms with Gasteiger partial charge in [-0.05, 0) is 49.7 Å². The van der Waals surface area contributed by atoms with Crippen molar-refractivity contribution in [2.75, 3.05) is 31.6 Å². The molecule has 0 aromatic heterocycles. The molecule has 0 aliphatic carbocycles. The van der Waals surface area contributed by atoms with E-state index < -0.39 is 0 Å². The van der Waals surface area contributed by atoms with Crippen molar-refractivity contribution in [3.63, 3.8) is 0 Å². The summed E-state index contributed by atoms with van der Waals surface area (Å²) in [5, 5.41) is 3.33. The lowest BCUT2D eigenvalue weighted by molar-refractivity contribution is 0.0692. The summed E-state index contributed by atoms with van der Waals surface area (Å²) in [6.07, 6.45) is 1.89. The zero-order valence-corrected chi connectivity index (χ0v) is 17.2. The summed E-state index contributed by atoms with van der Waals surface area (Å²) in [6, 6.07) is 16.8. The van der Waals surface area contributed by atoms with E-state index in [-0.39, 0.29) is 30.3 Å². The Morgan fingerprint density at radius 1 is 1.04 bits per heavy atom. The average Bonchev–Trinajstić information content (AvgIpc) is 3.25. The molecule has 3 rings (SSSR count). The first-order valence-corrected chi connectivity index (χ1v) is 9.56. The van der Waals surface area contributed by atoms with Crippen LogP contribution in [0.15, 0.2) is 54.6 Å². The quantitative estimate of drug-likeness (QED) is 0.804. The number of nitrogens with one attached hydrogen (secondary N) is 1. The van der Waals surface area contributed by atoms with Crippen molar-refractivity contribution in [1.29, 1.82) is 0 Å². The fraction of sp³-hybridized carbons (Fsp3) is 0.364. The Labute approximate surface area is 173 Å². The van der Waals surface area contributed by atoms with Crippen molar-refractivity contribution in [2.24, 2.45) is 0 Å². The van der Waals surface area contributed by atoms with Gasteiger partial charge in [-0.25, -0.2) is 0 Å². The van der Waals surface area contributed by atoms with Crippen LogP contribution < -0.4 is 10.2 Å². The Bertz CT molecular complexity index is 791. The molecule has 1 N–H and O–H groups in total. The molecule has 0 radical (unpaired) electrons. The minimum Gasteiger partial charge on any atom is -0.334 e. The number of hydrogen-bond acceptors (Lipinski definition) is 3. The summed E-state index contributed by atoms with van der Waals surface area (Å²) in [4.78, 5) is 29.5. The van der Waals surface area contributed by atoms with E-state index in [0.29, 0.717) is 11.1 Å². The first kappa shape index (κ1) is 21.9. The highest BCUT2D eigenvalue weighted by Crippen LogP contribution is 2.18. The fourth-order valence-electron chi connectivity index (χ4n) is 3.51. The third kappa shape index (κ3) is 4.91. The normalized spacial score (nSPS) is 15.6. The van der Waals surface area contributed by atoms with Gasteiger partial charge in [-0.1, -0.05) is 31.2 Å². The Kier molecular flexibility index (Phi) is 8.03. The number of para-hydroxylation sites is 1. The van der Waals surface area contributed by atoms with Crippen LogP contribution in [0.2, 0.25) is 0 Å². The van der Waals surface area contributed by atoms with E-state index >= 15 is 0 Å². The minimum absolute atomic E-state index is 0. The molecule has 2 aromatic carbocycles. The van der Waals surface area contributed by atoms with Gasteiger partial charge in [0.05, 0.1) is 0 Å². The maximum Gasteiger partial charge on any atom is 0.258 e. The summed E-state index contributed by atoms with van der Waals surface area (Å²) in [5.74, 6) is -0.122. The van der Waals surface area contributed by atoms with Crippen molar-refractivity contribution in [2.45, 2.75) is 25.8 Å². The van der Waals surface area contributed by atoms with Gasteiger partial charge in [0, 0.05) is 43.0 Å². The zero-order valence-electron chi connectivity index (χ0n) is 16.4. The monoisotopic (exact) mass is 401 g/mol. The largest absolute Gasteiger partial charge is 0.334 e. The van der Waals surface area contributed by atoms with Gasteiger partial charge in [0.25, 0.3) is 11.8 Å². The van der Waals surface area contributed by atoms with Crippen LogP contribution in [0.25, 0.3) is 0 Å². The van der Waals surface area contributed by atoms with Gasteiger partial charge in [-0.15, -0.1) is 12.4 Å². The van der Waals surface area contributed by atoms with E-state index in [1.165, 1.54) is 0 Å². The highest BCUT2D eigenvalue weighted by Gasteiger charge is 2.27. The number of nitrogens with zero attached hydrogens (tertiary/aromatic N) is 2. The Balaban J connectivity index is 0.00000280. The van der Waals surface area contributed by atoms with Crippen LogP contribution in [0.1, 0.15) is 40.5 Å². The molecular formula is C22H28ClN3O2. The number of benzene rings is 2. The van der Waals surface area contributed by atoms with Gasteiger partial charge in [0.1, 0.15) is 0 Å². The summed E-state index contributed by atoms with van der Waals surface area (Å²) in [5.41, 5.74) is 1.92. The predicted molar refractivity (Wildman–Crippen MR) is 115 cm³/mol. The third-order valence-corrected chi connectivity index (χ3v) is 5.01. The summed E-state index contributed by atoms with van der Waals surface area (Å²) < 4.78 is 0. The number of rotatable bonds is 6. The molecular weight excluding hydrogens is 374 g/mol. The predicted octanol–water partition coefficient (Wildman–Crippen LogP) is 3.60. The van der Waals surface area contributed by atoms with E-state index in [1.807, 2.05) is 35.2 Å². The first-order valence-electron chi connectivity index (χ1n) is 9.56. The van der Waals surface area contributed by atoms with E-state index in [2.05, 4.69) is 12.2 Å². The molecule has 2 amide bonds. The molecule has 1 aliphatic rings. The molecule has 5 nitrogen and oxygen atoms in total. The van der Waals surface area contributed by atoms with Crippen molar-refractivity contribution in [3.05, 3.63) is 65.7 Å². The van der Waals surface area contributed by atoms with E-state index in [0.717, 1.165) is 38.2 Å². The number of halogens is 1. The summed E-state index contributed by atoms with van der Waals surface area (Å²) in [6.45, 7) is 4.59. The second kappa shape index (κ2) is 10.2. The van der Waals surface area contributed by atoms with Gasteiger partial charge >= 0.3 is 0 Å². The van der Waals surface area contributed by atoms with Crippen LogP contribution >= 0.6 is 12.4 Å². The minimum atomic E-state index is -0.125. The molecule has 2 aromatic rings. The third-order valence-electron chi connectivity index (χ3n) is 5.01. The maximum absolute atomic E-state index is 13.1. The molecule has 1 atom stereocenters. The molecule has 1 aliphatic heterocycles. The van der Waals surface area contributed by atoms with Crippen molar-refractivity contribution < 1.29 is 9.59 Å². The SMILES string of the molecule is CCCN(C(=O)c1cccc(C(=O)N(C)c2ccccc2)c1)C1CCNC1.Cl. The summed E-state index contributed by atoms with van der Waals surface area (Å²) >= 11 is 0. The van der Waals surface area contributed by atoms with Crippen LogP contribution in [0.5, 0.6) is 0 Å². The smallest absolute Gasteiger partial charge is 0.258 e. The number of carbonyl (C=O) groups is 2. The lowest BCUT2D eigenvalue weighted by atomic mass is 10.1. The van der Waals surface area contributed by atoms with Crippen LogP contribution in [-0.2, 0) is 0 Å². The average molecular weight is 402 g/mol. The second-order valence-electron chi connectivity index (χ2n) is 6.93. The van der Waals surface area contributed by atoms with E-state index in [1.54, 1.807) is 36.2 Å². The van der Waals surface area contributed by atoms with E-state index in [4.69, 9.17) is 0 Å². The highest BCUT2D eigenvalue weighted by molar-refractivity contribution is 6.07. The van der Waals surface area contributed by atoms with Gasteiger partial charge in [-0.2, -0.15) is 0 Å². The number of hydrogen-bond donors (Lipinski definition) is 1. The molecule has 1 saturated heterocycles. The summed E-state index contributed by atoms with van der Waals surface area (Å²) in [7, 11) is 1.75. The lowest BCUT2D eigenvalue weighted by Crippen LogP contribution is -2.42. The highest BCUT2D eigenvalue weighted by atomic mass is 35.5.